The molecule has 0 radical (unpaired) electrons. The zero-order chi connectivity index (χ0) is 13.1. The topological polar surface area (TPSA) is 44.1 Å². The molecular formula is C13H22N2O2. The van der Waals surface area contributed by atoms with Crippen LogP contribution in [0.2, 0.25) is 0 Å². The predicted octanol–water partition coefficient (Wildman–Crippen LogP) is 2.80. The summed E-state index contributed by atoms with van der Waals surface area (Å²) >= 11 is 0. The lowest BCUT2D eigenvalue weighted by Gasteiger charge is -2.16. The molecule has 0 aromatic carbocycles. The van der Waals surface area contributed by atoms with Gasteiger partial charge >= 0.3 is 0 Å². The summed E-state index contributed by atoms with van der Waals surface area (Å²) in [4.78, 5) is 16.2. The lowest BCUT2D eigenvalue weighted by molar-refractivity contribution is 0.0960. The summed E-state index contributed by atoms with van der Waals surface area (Å²) < 4.78 is 6.87. The highest BCUT2D eigenvalue weighted by Crippen LogP contribution is 2.21. The Hall–Kier alpha value is -1.16. The smallest absolute Gasteiger partial charge is 0.182 e. The second-order valence-corrected chi connectivity index (χ2v) is 5.54. The minimum absolute atomic E-state index is 0.109. The highest BCUT2D eigenvalue weighted by Gasteiger charge is 2.16. The fourth-order valence-corrected chi connectivity index (χ4v) is 1.53. The maximum absolute atomic E-state index is 11.9. The average molecular weight is 238 g/mol. The number of nitrogens with zero attached hydrogens (tertiary/aromatic N) is 2. The molecule has 17 heavy (non-hydrogen) atoms. The zero-order valence-corrected chi connectivity index (χ0v) is 11.4. The van der Waals surface area contributed by atoms with Crippen molar-refractivity contribution in [2.75, 3.05) is 7.11 Å². The SMILES string of the molecule is COCn1cc(C(=O)CCC(C)(C)C)nc1C. The fourth-order valence-electron chi connectivity index (χ4n) is 1.53. The maximum Gasteiger partial charge on any atom is 0.182 e. The van der Waals surface area contributed by atoms with E-state index >= 15 is 0 Å². The number of carbonyl (C=O) groups is 1. The minimum atomic E-state index is 0.109. The molecule has 0 N–H and O–H groups in total. The first-order chi connectivity index (χ1) is 7.83. The number of aromatic nitrogens is 2. The van der Waals surface area contributed by atoms with Crippen molar-refractivity contribution in [2.24, 2.45) is 5.41 Å². The third kappa shape index (κ3) is 4.30. The van der Waals surface area contributed by atoms with E-state index in [2.05, 4.69) is 25.8 Å². The van der Waals surface area contributed by atoms with Gasteiger partial charge in [0.2, 0.25) is 0 Å². The second kappa shape index (κ2) is 5.45. The lowest BCUT2D eigenvalue weighted by atomic mass is 9.89. The van der Waals surface area contributed by atoms with Crippen LogP contribution in [-0.4, -0.2) is 22.4 Å². The van der Waals surface area contributed by atoms with Crippen molar-refractivity contribution < 1.29 is 9.53 Å². The average Bonchev–Trinajstić information content (AvgIpc) is 2.57. The normalized spacial score (nSPS) is 11.8. The Balaban J connectivity index is 2.66. The first-order valence-electron chi connectivity index (χ1n) is 5.89. The number of aryl methyl sites for hydroxylation is 1. The molecule has 4 heteroatoms. The Morgan fingerprint density at radius 3 is 2.65 bits per heavy atom. The maximum atomic E-state index is 11.9. The van der Waals surface area contributed by atoms with Gasteiger partial charge in [-0.05, 0) is 18.8 Å². The monoisotopic (exact) mass is 238 g/mol. The standard InChI is InChI=1S/C13H22N2O2/c1-10-14-11(8-15(10)9-17-5)12(16)6-7-13(2,3)4/h8H,6-7,9H2,1-5H3. The number of Topliss-reactive ketones (excluding diaryl/α,β-unsaturated/α-hetero) is 1. The highest BCUT2D eigenvalue weighted by molar-refractivity contribution is 5.94. The van der Waals surface area contributed by atoms with Crippen LogP contribution in [0.4, 0.5) is 0 Å². The van der Waals surface area contributed by atoms with Gasteiger partial charge < -0.3 is 9.30 Å². The summed E-state index contributed by atoms with van der Waals surface area (Å²) in [5.41, 5.74) is 0.726. The molecule has 0 aliphatic carbocycles. The molecule has 0 fully saturated rings. The molecule has 0 spiro atoms. The number of methoxy groups -OCH3 is 1. The first kappa shape index (κ1) is 13.9. The number of ketones is 1. The summed E-state index contributed by atoms with van der Waals surface area (Å²) in [6.45, 7) is 8.71. The third-order valence-electron chi connectivity index (χ3n) is 2.63. The molecule has 0 bridgehead atoms. The van der Waals surface area contributed by atoms with Gasteiger partial charge in [-0.2, -0.15) is 0 Å². The molecule has 1 aromatic heterocycles. The Kier molecular flexibility index (Phi) is 4.46. The summed E-state index contributed by atoms with van der Waals surface area (Å²) in [7, 11) is 1.63. The zero-order valence-electron chi connectivity index (χ0n) is 11.4. The van der Waals surface area contributed by atoms with E-state index < -0.39 is 0 Å². The molecule has 4 nitrogen and oxygen atoms in total. The molecular weight excluding hydrogens is 216 g/mol. The van der Waals surface area contributed by atoms with Gasteiger partial charge in [-0.1, -0.05) is 20.8 Å². The molecule has 96 valence electrons. The van der Waals surface area contributed by atoms with Gasteiger partial charge in [0, 0.05) is 19.7 Å². The minimum Gasteiger partial charge on any atom is -0.364 e. The number of carbonyl (C=O) groups excluding carboxylic acids is 1. The van der Waals surface area contributed by atoms with Crippen LogP contribution in [0.5, 0.6) is 0 Å². The van der Waals surface area contributed by atoms with Crippen LogP contribution in [0, 0.1) is 12.3 Å². The number of rotatable bonds is 5. The molecule has 0 atom stereocenters. The highest BCUT2D eigenvalue weighted by atomic mass is 16.5. The van der Waals surface area contributed by atoms with Crippen molar-refractivity contribution in [1.29, 1.82) is 0 Å². The molecule has 0 saturated carbocycles. The largest absolute Gasteiger partial charge is 0.364 e. The molecule has 1 aromatic rings. The Labute approximate surface area is 103 Å². The number of imidazole rings is 1. The molecule has 1 heterocycles. The summed E-state index contributed by atoms with van der Waals surface area (Å²) in [6.07, 6.45) is 3.19. The molecule has 0 saturated heterocycles. The van der Waals surface area contributed by atoms with Gasteiger partial charge in [0.1, 0.15) is 18.2 Å². The summed E-state index contributed by atoms with van der Waals surface area (Å²) in [6, 6.07) is 0. The van der Waals surface area contributed by atoms with Gasteiger partial charge in [-0.15, -0.1) is 0 Å². The quantitative estimate of drug-likeness (QED) is 0.741. The van der Waals surface area contributed by atoms with Crippen LogP contribution in [0.15, 0.2) is 6.20 Å². The van der Waals surface area contributed by atoms with E-state index in [1.807, 2.05) is 11.5 Å². The van der Waals surface area contributed by atoms with E-state index in [9.17, 15) is 4.79 Å². The van der Waals surface area contributed by atoms with E-state index in [1.165, 1.54) is 0 Å². The summed E-state index contributed by atoms with van der Waals surface area (Å²) in [5, 5.41) is 0. The summed E-state index contributed by atoms with van der Waals surface area (Å²) in [5.74, 6) is 0.920. The first-order valence-corrected chi connectivity index (χ1v) is 5.89. The van der Waals surface area contributed by atoms with E-state index in [-0.39, 0.29) is 11.2 Å². The Morgan fingerprint density at radius 2 is 2.12 bits per heavy atom. The van der Waals surface area contributed by atoms with Gasteiger partial charge in [-0.25, -0.2) is 4.98 Å². The van der Waals surface area contributed by atoms with Gasteiger partial charge in [-0.3, -0.25) is 4.79 Å². The molecule has 1 rings (SSSR count). The van der Waals surface area contributed by atoms with Crippen LogP contribution in [0.1, 0.15) is 49.9 Å². The van der Waals surface area contributed by atoms with E-state index in [0.29, 0.717) is 18.8 Å². The van der Waals surface area contributed by atoms with Crippen molar-refractivity contribution >= 4 is 5.78 Å². The van der Waals surface area contributed by atoms with Gasteiger partial charge in [0.25, 0.3) is 0 Å². The van der Waals surface area contributed by atoms with E-state index in [4.69, 9.17) is 4.74 Å². The number of hydrogen-bond donors (Lipinski definition) is 0. The van der Waals surface area contributed by atoms with Crippen molar-refractivity contribution in [3.63, 3.8) is 0 Å². The third-order valence-corrected chi connectivity index (χ3v) is 2.63. The van der Waals surface area contributed by atoms with Crippen molar-refractivity contribution in [3.05, 3.63) is 17.7 Å². The van der Waals surface area contributed by atoms with Crippen LogP contribution in [-0.2, 0) is 11.5 Å². The van der Waals surface area contributed by atoms with Gasteiger partial charge in [0.15, 0.2) is 5.78 Å². The second-order valence-electron chi connectivity index (χ2n) is 5.54. The molecule has 0 amide bonds. The van der Waals surface area contributed by atoms with E-state index in [1.54, 1.807) is 13.3 Å². The van der Waals surface area contributed by atoms with E-state index in [0.717, 1.165) is 12.2 Å². The van der Waals surface area contributed by atoms with Crippen molar-refractivity contribution in [1.82, 2.24) is 9.55 Å². The van der Waals surface area contributed by atoms with Crippen molar-refractivity contribution in [2.45, 2.75) is 47.3 Å². The Morgan fingerprint density at radius 1 is 1.47 bits per heavy atom. The molecule has 0 aliphatic heterocycles. The lowest BCUT2D eigenvalue weighted by Crippen LogP contribution is -2.09. The number of ether oxygens (including phenoxy) is 1. The van der Waals surface area contributed by atoms with Gasteiger partial charge in [0.05, 0.1) is 0 Å². The fraction of sp³-hybridized carbons (Fsp3) is 0.692. The molecule has 0 aliphatic rings. The van der Waals surface area contributed by atoms with Crippen LogP contribution in [0.25, 0.3) is 0 Å². The number of hydrogen-bond acceptors (Lipinski definition) is 3. The van der Waals surface area contributed by atoms with Crippen LogP contribution in [0.3, 0.4) is 0 Å². The molecule has 0 unspecified atom stereocenters. The van der Waals surface area contributed by atoms with Crippen LogP contribution < -0.4 is 0 Å². The predicted molar refractivity (Wildman–Crippen MR) is 67.0 cm³/mol. The Bertz CT molecular complexity index is 389. The van der Waals surface area contributed by atoms with Crippen molar-refractivity contribution in [3.8, 4) is 0 Å². The van der Waals surface area contributed by atoms with Crippen LogP contribution >= 0.6 is 0 Å².